The lowest BCUT2D eigenvalue weighted by Gasteiger charge is -2.18. The largest absolute Gasteiger partial charge is 0.462 e. The van der Waals surface area contributed by atoms with Gasteiger partial charge in [-0.1, -0.05) is 281 Å². The van der Waals surface area contributed by atoms with E-state index in [4.69, 9.17) is 14.2 Å². The Morgan fingerprint density at radius 1 is 0.314 bits per heavy atom. The zero-order valence-electron chi connectivity index (χ0n) is 47.3. The minimum Gasteiger partial charge on any atom is -0.462 e. The summed E-state index contributed by atoms with van der Waals surface area (Å²) in [5.41, 5.74) is 0. The minimum atomic E-state index is -0.542. The molecule has 0 heterocycles. The number of hydrogen-bond acceptors (Lipinski definition) is 5. The van der Waals surface area contributed by atoms with E-state index in [-0.39, 0.29) is 25.2 Å². The normalized spacial score (nSPS) is 12.4. The second-order valence-corrected chi connectivity index (χ2v) is 21.0. The zero-order valence-corrected chi connectivity index (χ0v) is 47.3. The van der Waals surface area contributed by atoms with E-state index in [1.54, 1.807) is 0 Å². The molecule has 0 aromatic carbocycles. The number of hydrogen-bond donors (Lipinski definition) is 0. The molecule has 0 bridgehead atoms. The molecule has 0 aliphatic carbocycles. The first-order chi connectivity index (χ1) is 34.6. The first-order valence-electron chi connectivity index (χ1n) is 31.2. The van der Waals surface area contributed by atoms with Gasteiger partial charge in [-0.05, 0) is 83.5 Å². The van der Waals surface area contributed by atoms with Crippen molar-refractivity contribution in [3.8, 4) is 0 Å². The van der Waals surface area contributed by atoms with Crippen LogP contribution >= 0.6 is 0 Å². The summed E-state index contributed by atoms with van der Waals surface area (Å²) in [7, 11) is 0. The Bertz CT molecular complexity index is 1150. The molecular weight excluding hydrogens is 861 g/mol. The summed E-state index contributed by atoms with van der Waals surface area (Å²) in [5, 5.41) is 0. The van der Waals surface area contributed by atoms with Crippen LogP contribution in [-0.2, 0) is 23.8 Å². The van der Waals surface area contributed by atoms with Crippen molar-refractivity contribution in [3.63, 3.8) is 0 Å². The molecule has 410 valence electrons. The van der Waals surface area contributed by atoms with Gasteiger partial charge < -0.3 is 14.2 Å². The number of carbonyl (C=O) groups excluding carboxylic acids is 2. The average Bonchev–Trinajstić information content (AvgIpc) is 3.36. The lowest BCUT2D eigenvalue weighted by molar-refractivity contribution is -0.163. The van der Waals surface area contributed by atoms with Crippen LogP contribution in [0.1, 0.15) is 329 Å². The molecule has 0 aliphatic rings. The third-order valence-corrected chi connectivity index (χ3v) is 13.8. The summed E-state index contributed by atoms with van der Waals surface area (Å²) in [5.74, 6) is -0.398. The number of rotatable bonds is 58. The molecule has 0 saturated carbocycles. The summed E-state index contributed by atoms with van der Waals surface area (Å²) in [6, 6.07) is 0. The van der Waals surface area contributed by atoms with E-state index in [0.717, 1.165) is 64.2 Å². The van der Waals surface area contributed by atoms with Gasteiger partial charge in [0.25, 0.3) is 0 Å². The van der Waals surface area contributed by atoms with Crippen LogP contribution in [0.3, 0.4) is 0 Å². The fourth-order valence-electron chi connectivity index (χ4n) is 9.16. The second-order valence-electron chi connectivity index (χ2n) is 21.0. The molecule has 0 amide bonds. The van der Waals surface area contributed by atoms with E-state index in [9.17, 15) is 9.59 Å². The number of allylic oxidation sites excluding steroid dienone is 8. The van der Waals surface area contributed by atoms with Gasteiger partial charge >= 0.3 is 11.9 Å². The van der Waals surface area contributed by atoms with E-state index in [1.165, 1.54) is 231 Å². The molecular formula is C65H120O5. The lowest BCUT2D eigenvalue weighted by atomic mass is 10.0. The Kier molecular flexibility index (Phi) is 59.3. The average molecular weight is 982 g/mol. The standard InChI is InChI=1S/C65H120O5/c1-4-7-10-13-16-19-22-25-28-31-33-35-37-40-43-46-49-52-55-58-64(66)69-62-63(61-68-60-57-54-51-48-45-42-39-36-32-29-26-23-20-17-14-11-8-5-2)70-65(67)59-56-53-50-47-44-41-38-34-30-27-24-21-18-15-12-9-6-3/h16,19,25,27-28,30,33,35,63H,4-15,17-18,20-24,26,29,31-32,34,36-62H2,1-3H3/b19-16-,28-25-,30-27-,35-33-. The maximum Gasteiger partial charge on any atom is 0.306 e. The predicted molar refractivity (Wildman–Crippen MR) is 307 cm³/mol. The molecule has 0 aromatic rings. The Morgan fingerprint density at radius 2 is 0.600 bits per heavy atom. The van der Waals surface area contributed by atoms with Gasteiger partial charge in [0.05, 0.1) is 6.61 Å². The molecule has 1 unspecified atom stereocenters. The van der Waals surface area contributed by atoms with Crippen molar-refractivity contribution in [2.24, 2.45) is 0 Å². The SMILES string of the molecule is CCCCC/C=C\C/C=C\C/C=C\CCCCCCCCC(=O)OCC(COCCCCCCCCCCCCCCCCCCCC)OC(=O)CCCCCCCCC/C=C\CCCCCCCC. The summed E-state index contributed by atoms with van der Waals surface area (Å²) in [4.78, 5) is 25.6. The van der Waals surface area contributed by atoms with Gasteiger partial charge in [0.2, 0.25) is 0 Å². The van der Waals surface area contributed by atoms with Gasteiger partial charge in [-0.2, -0.15) is 0 Å². The molecule has 0 rings (SSSR count). The molecule has 0 aromatic heterocycles. The summed E-state index contributed by atoms with van der Waals surface area (Å²) in [6.07, 6.45) is 77.1. The highest BCUT2D eigenvalue weighted by atomic mass is 16.6. The van der Waals surface area contributed by atoms with E-state index >= 15 is 0 Å². The van der Waals surface area contributed by atoms with Crippen molar-refractivity contribution in [1.29, 1.82) is 0 Å². The van der Waals surface area contributed by atoms with Gasteiger partial charge in [-0.15, -0.1) is 0 Å². The molecule has 1 atom stereocenters. The maximum absolute atomic E-state index is 12.9. The topological polar surface area (TPSA) is 61.8 Å². The molecule has 5 nitrogen and oxygen atoms in total. The van der Waals surface area contributed by atoms with E-state index in [1.807, 2.05) is 0 Å². The maximum atomic E-state index is 12.9. The highest BCUT2D eigenvalue weighted by Crippen LogP contribution is 2.17. The Labute approximate surface area is 437 Å². The fraction of sp³-hybridized carbons (Fsp3) is 0.846. The van der Waals surface area contributed by atoms with Crippen molar-refractivity contribution >= 4 is 11.9 Å². The Balaban J connectivity index is 4.27. The zero-order chi connectivity index (χ0) is 50.6. The summed E-state index contributed by atoms with van der Waals surface area (Å²) < 4.78 is 17.5. The third-order valence-electron chi connectivity index (χ3n) is 13.8. The summed E-state index contributed by atoms with van der Waals surface area (Å²) in [6.45, 7) is 7.85. The first-order valence-corrected chi connectivity index (χ1v) is 31.2. The molecule has 0 saturated heterocycles. The number of unbranched alkanes of at least 4 members (excludes halogenated alkanes) is 39. The fourth-order valence-corrected chi connectivity index (χ4v) is 9.16. The van der Waals surface area contributed by atoms with Crippen LogP contribution in [0.2, 0.25) is 0 Å². The number of carbonyl (C=O) groups is 2. The quantitative estimate of drug-likeness (QED) is 0.0345. The van der Waals surface area contributed by atoms with Crippen LogP contribution in [0.15, 0.2) is 48.6 Å². The van der Waals surface area contributed by atoms with Gasteiger partial charge in [-0.3, -0.25) is 9.59 Å². The van der Waals surface area contributed by atoms with E-state index < -0.39 is 6.10 Å². The Morgan fingerprint density at radius 3 is 1.00 bits per heavy atom. The van der Waals surface area contributed by atoms with Crippen molar-refractivity contribution in [1.82, 2.24) is 0 Å². The molecule has 70 heavy (non-hydrogen) atoms. The molecule has 0 spiro atoms. The highest BCUT2D eigenvalue weighted by molar-refractivity contribution is 5.70. The third kappa shape index (κ3) is 58.4. The van der Waals surface area contributed by atoms with Crippen LogP contribution in [0.4, 0.5) is 0 Å². The smallest absolute Gasteiger partial charge is 0.306 e. The van der Waals surface area contributed by atoms with Crippen molar-refractivity contribution in [3.05, 3.63) is 48.6 Å². The van der Waals surface area contributed by atoms with E-state index in [2.05, 4.69) is 69.4 Å². The molecule has 0 aliphatic heterocycles. The van der Waals surface area contributed by atoms with Crippen LogP contribution in [0.25, 0.3) is 0 Å². The first kappa shape index (κ1) is 67.9. The van der Waals surface area contributed by atoms with Crippen LogP contribution < -0.4 is 0 Å². The van der Waals surface area contributed by atoms with Crippen LogP contribution in [0.5, 0.6) is 0 Å². The van der Waals surface area contributed by atoms with Crippen molar-refractivity contribution < 1.29 is 23.8 Å². The van der Waals surface area contributed by atoms with Crippen LogP contribution in [0, 0.1) is 0 Å². The van der Waals surface area contributed by atoms with Crippen molar-refractivity contribution in [2.75, 3.05) is 19.8 Å². The van der Waals surface area contributed by atoms with E-state index in [0.29, 0.717) is 19.4 Å². The molecule has 0 radical (unpaired) electrons. The van der Waals surface area contributed by atoms with Gasteiger partial charge in [-0.25, -0.2) is 0 Å². The predicted octanol–water partition coefficient (Wildman–Crippen LogP) is 21.5. The minimum absolute atomic E-state index is 0.0808. The summed E-state index contributed by atoms with van der Waals surface area (Å²) >= 11 is 0. The van der Waals surface area contributed by atoms with Crippen LogP contribution in [-0.4, -0.2) is 37.9 Å². The van der Waals surface area contributed by atoms with Crippen molar-refractivity contribution in [2.45, 2.75) is 335 Å². The Hall–Kier alpha value is -2.14. The number of ether oxygens (including phenoxy) is 3. The molecule has 0 fully saturated rings. The lowest BCUT2D eigenvalue weighted by Crippen LogP contribution is -2.30. The second kappa shape index (κ2) is 61.2. The number of esters is 2. The van der Waals surface area contributed by atoms with Gasteiger partial charge in [0.15, 0.2) is 6.10 Å². The molecule has 0 N–H and O–H groups in total. The molecule has 5 heteroatoms. The van der Waals surface area contributed by atoms with Gasteiger partial charge in [0.1, 0.15) is 6.61 Å². The van der Waals surface area contributed by atoms with Gasteiger partial charge in [0, 0.05) is 19.4 Å². The monoisotopic (exact) mass is 981 g/mol. The highest BCUT2D eigenvalue weighted by Gasteiger charge is 2.17.